The molecule has 2 N–H and O–H groups in total. The summed E-state index contributed by atoms with van der Waals surface area (Å²) in [5.74, 6) is -0.417. The van der Waals surface area contributed by atoms with Crippen LogP contribution in [0.1, 0.15) is 5.56 Å². The molecule has 104 valence electrons. The maximum atomic E-state index is 13.7. The third-order valence-corrected chi connectivity index (χ3v) is 3.83. The van der Waals surface area contributed by atoms with E-state index in [1.807, 2.05) is 0 Å². The summed E-state index contributed by atoms with van der Waals surface area (Å²) in [5.41, 5.74) is 7.75. The van der Waals surface area contributed by atoms with E-state index in [0.717, 1.165) is 4.47 Å². The Morgan fingerprint density at radius 1 is 1.33 bits per heavy atom. The smallest absolute Gasteiger partial charge is 0.205 e. The average Bonchev–Trinajstić information content (AvgIpc) is 2.74. The molecule has 4 nitrogen and oxygen atoms in total. The molecule has 1 aromatic heterocycles. The van der Waals surface area contributed by atoms with E-state index in [2.05, 4.69) is 27.0 Å². The quantitative estimate of drug-likeness (QED) is 0.708. The fraction of sp³-hybridized carbons (Fsp3) is 0. The van der Waals surface area contributed by atoms with E-state index < -0.39 is 5.82 Å². The number of imidazole rings is 1. The number of anilines is 1. The minimum atomic E-state index is -0.571. The number of benzene rings is 2. The number of nitrogens with two attached hydrogens (primary N) is 1. The van der Waals surface area contributed by atoms with Gasteiger partial charge in [-0.25, -0.2) is 9.37 Å². The Hall–Kier alpha value is -2.10. The maximum Gasteiger partial charge on any atom is 0.205 e. The number of nitrogen functional groups attached to an aromatic ring is 1. The molecule has 1 heterocycles. The van der Waals surface area contributed by atoms with E-state index in [0.29, 0.717) is 22.3 Å². The molecule has 0 atom stereocenters. The van der Waals surface area contributed by atoms with Crippen molar-refractivity contribution in [3.63, 3.8) is 0 Å². The SMILES string of the molecule is N#Cc1ccc(Br)cc1-n1c(N)nc2cc(Cl)c(F)cc21. The lowest BCUT2D eigenvalue weighted by molar-refractivity contribution is 0.629. The molecule has 0 amide bonds. The van der Waals surface area contributed by atoms with Gasteiger partial charge in [0.25, 0.3) is 0 Å². The Morgan fingerprint density at radius 3 is 2.81 bits per heavy atom. The molecule has 0 saturated carbocycles. The lowest BCUT2D eigenvalue weighted by Gasteiger charge is -2.09. The van der Waals surface area contributed by atoms with Gasteiger partial charge in [0.05, 0.1) is 27.3 Å². The van der Waals surface area contributed by atoms with Crippen LogP contribution in [0.15, 0.2) is 34.8 Å². The molecule has 0 unspecified atom stereocenters. The van der Waals surface area contributed by atoms with Crippen LogP contribution in [-0.2, 0) is 0 Å². The van der Waals surface area contributed by atoms with Gasteiger partial charge in [-0.2, -0.15) is 5.26 Å². The molecule has 0 fully saturated rings. The number of hydrogen-bond acceptors (Lipinski definition) is 3. The summed E-state index contributed by atoms with van der Waals surface area (Å²) in [6.45, 7) is 0. The summed E-state index contributed by atoms with van der Waals surface area (Å²) in [6.07, 6.45) is 0. The van der Waals surface area contributed by atoms with Gasteiger partial charge in [0.1, 0.15) is 11.9 Å². The van der Waals surface area contributed by atoms with Crippen LogP contribution >= 0.6 is 27.5 Å². The maximum absolute atomic E-state index is 13.7. The summed E-state index contributed by atoms with van der Waals surface area (Å²) in [4.78, 5) is 4.16. The first kappa shape index (κ1) is 13.9. The summed E-state index contributed by atoms with van der Waals surface area (Å²) < 4.78 is 16.0. The van der Waals surface area contributed by atoms with Crippen LogP contribution < -0.4 is 5.73 Å². The molecule has 0 bridgehead atoms. The Morgan fingerprint density at radius 2 is 2.10 bits per heavy atom. The largest absolute Gasteiger partial charge is 0.369 e. The molecule has 3 aromatic rings. The van der Waals surface area contributed by atoms with Crippen molar-refractivity contribution in [1.82, 2.24) is 9.55 Å². The van der Waals surface area contributed by atoms with Crippen molar-refractivity contribution in [2.24, 2.45) is 0 Å². The molecule has 7 heteroatoms. The van der Waals surface area contributed by atoms with Gasteiger partial charge in [-0.15, -0.1) is 0 Å². The Balaban J connectivity index is 2.41. The van der Waals surface area contributed by atoms with E-state index in [4.69, 9.17) is 17.3 Å². The number of halogens is 3. The molecule has 0 radical (unpaired) electrons. The second-order valence-corrected chi connectivity index (χ2v) is 5.66. The first-order valence-electron chi connectivity index (χ1n) is 5.84. The summed E-state index contributed by atoms with van der Waals surface area (Å²) >= 11 is 9.10. The highest BCUT2D eigenvalue weighted by molar-refractivity contribution is 9.10. The molecule has 0 aliphatic carbocycles. The molecular weight excluding hydrogens is 359 g/mol. The van der Waals surface area contributed by atoms with E-state index in [1.165, 1.54) is 16.7 Å². The van der Waals surface area contributed by atoms with Gasteiger partial charge in [0.15, 0.2) is 0 Å². The fourth-order valence-corrected chi connectivity index (χ4v) is 2.64. The van der Waals surface area contributed by atoms with E-state index in [-0.39, 0.29) is 11.0 Å². The standard InChI is InChI=1S/C14H7BrClFN4/c15-8-2-1-7(6-18)12(3-8)21-13-5-10(17)9(16)4-11(13)20-14(21)19/h1-5H,(H2,19,20). The third-order valence-electron chi connectivity index (χ3n) is 3.04. The minimum absolute atomic E-state index is 0.0260. The Bertz CT molecular complexity index is 913. The van der Waals surface area contributed by atoms with Gasteiger partial charge < -0.3 is 5.73 Å². The average molecular weight is 366 g/mol. The molecule has 0 spiro atoms. The van der Waals surface area contributed by atoms with Gasteiger partial charge in [0, 0.05) is 10.5 Å². The second-order valence-electron chi connectivity index (χ2n) is 4.33. The van der Waals surface area contributed by atoms with Crippen molar-refractivity contribution >= 4 is 44.5 Å². The predicted octanol–water partition coefficient (Wildman–Crippen LogP) is 4.03. The third kappa shape index (κ3) is 2.24. The van der Waals surface area contributed by atoms with Gasteiger partial charge in [-0.05, 0) is 24.3 Å². The van der Waals surface area contributed by atoms with Crippen molar-refractivity contribution in [2.45, 2.75) is 0 Å². The fourth-order valence-electron chi connectivity index (χ4n) is 2.13. The normalized spacial score (nSPS) is 10.8. The number of nitrogens with zero attached hydrogens (tertiary/aromatic N) is 3. The van der Waals surface area contributed by atoms with Crippen molar-refractivity contribution in [3.05, 3.63) is 51.2 Å². The van der Waals surface area contributed by atoms with Gasteiger partial charge in [-0.3, -0.25) is 4.57 Å². The van der Waals surface area contributed by atoms with Crippen LogP contribution in [-0.4, -0.2) is 9.55 Å². The second kappa shape index (κ2) is 5.02. The zero-order valence-electron chi connectivity index (χ0n) is 10.4. The molecule has 0 aliphatic rings. The van der Waals surface area contributed by atoms with Crippen LogP contribution in [0.2, 0.25) is 5.02 Å². The van der Waals surface area contributed by atoms with Gasteiger partial charge in [-0.1, -0.05) is 27.5 Å². The predicted molar refractivity (Wildman–Crippen MR) is 82.9 cm³/mol. The van der Waals surface area contributed by atoms with Crippen LogP contribution in [0.25, 0.3) is 16.7 Å². The zero-order chi connectivity index (χ0) is 15.1. The Kier molecular flexibility index (Phi) is 3.32. The minimum Gasteiger partial charge on any atom is -0.369 e. The lowest BCUT2D eigenvalue weighted by atomic mass is 10.2. The van der Waals surface area contributed by atoms with Gasteiger partial charge in [0.2, 0.25) is 5.95 Å². The molecule has 3 rings (SSSR count). The van der Waals surface area contributed by atoms with Crippen LogP contribution in [0.5, 0.6) is 0 Å². The van der Waals surface area contributed by atoms with E-state index in [9.17, 15) is 9.65 Å². The van der Waals surface area contributed by atoms with E-state index >= 15 is 0 Å². The monoisotopic (exact) mass is 364 g/mol. The molecule has 0 aliphatic heterocycles. The molecular formula is C14H7BrClFN4. The van der Waals surface area contributed by atoms with Crippen molar-refractivity contribution < 1.29 is 4.39 Å². The first-order valence-corrected chi connectivity index (χ1v) is 7.01. The molecule has 2 aromatic carbocycles. The van der Waals surface area contributed by atoms with Gasteiger partial charge >= 0.3 is 0 Å². The lowest BCUT2D eigenvalue weighted by Crippen LogP contribution is -2.03. The first-order chi connectivity index (χ1) is 10.0. The highest BCUT2D eigenvalue weighted by Crippen LogP contribution is 2.30. The number of aromatic nitrogens is 2. The van der Waals surface area contributed by atoms with Crippen molar-refractivity contribution in [3.8, 4) is 11.8 Å². The van der Waals surface area contributed by atoms with Crippen molar-refractivity contribution in [1.29, 1.82) is 5.26 Å². The van der Waals surface area contributed by atoms with Crippen LogP contribution in [0, 0.1) is 17.1 Å². The molecule has 21 heavy (non-hydrogen) atoms. The summed E-state index contributed by atoms with van der Waals surface area (Å²) in [6, 6.07) is 9.86. The van der Waals surface area contributed by atoms with Crippen LogP contribution in [0.4, 0.5) is 10.3 Å². The summed E-state index contributed by atoms with van der Waals surface area (Å²) in [5, 5.41) is 9.21. The topological polar surface area (TPSA) is 67.6 Å². The zero-order valence-corrected chi connectivity index (χ0v) is 12.8. The van der Waals surface area contributed by atoms with E-state index in [1.54, 1.807) is 18.2 Å². The molecule has 0 saturated heterocycles. The highest BCUT2D eigenvalue weighted by atomic mass is 79.9. The highest BCUT2D eigenvalue weighted by Gasteiger charge is 2.16. The number of rotatable bonds is 1. The number of fused-ring (bicyclic) bond motifs is 1. The van der Waals surface area contributed by atoms with Crippen molar-refractivity contribution in [2.75, 3.05) is 5.73 Å². The number of hydrogen-bond donors (Lipinski definition) is 1. The number of nitriles is 1. The Labute approximate surface area is 132 Å². The van der Waals surface area contributed by atoms with Crippen LogP contribution in [0.3, 0.4) is 0 Å². The summed E-state index contributed by atoms with van der Waals surface area (Å²) in [7, 11) is 0.